The Morgan fingerprint density at radius 3 is 2.41 bits per heavy atom. The molecule has 27 heavy (non-hydrogen) atoms. The largest absolute Gasteiger partial charge is 0.490 e. The van der Waals surface area contributed by atoms with Gasteiger partial charge in [0.25, 0.3) is 5.91 Å². The standard InChI is InChI=1S/C22H23NO3S/c1-17-12-15-27-21(17)16-23(2)22(24)19-10-6-7-11-20(19)26-14-13-25-18-8-4-3-5-9-18/h3-12,15H,13-14,16H2,1-2H3. The number of benzene rings is 2. The van der Waals surface area contributed by atoms with Gasteiger partial charge in [0.15, 0.2) is 0 Å². The Labute approximate surface area is 164 Å². The average Bonchev–Trinajstić information content (AvgIpc) is 3.10. The zero-order valence-corrected chi connectivity index (χ0v) is 16.4. The van der Waals surface area contributed by atoms with Gasteiger partial charge in [0, 0.05) is 11.9 Å². The predicted octanol–water partition coefficient (Wildman–Crippen LogP) is 4.79. The number of carbonyl (C=O) groups excluding carboxylic acids is 1. The number of para-hydroxylation sites is 2. The molecule has 0 aliphatic carbocycles. The molecule has 0 bridgehead atoms. The van der Waals surface area contributed by atoms with E-state index in [4.69, 9.17) is 9.47 Å². The van der Waals surface area contributed by atoms with E-state index in [-0.39, 0.29) is 5.91 Å². The zero-order chi connectivity index (χ0) is 19.1. The van der Waals surface area contributed by atoms with Crippen LogP contribution in [-0.2, 0) is 6.54 Å². The summed E-state index contributed by atoms with van der Waals surface area (Å²) in [5.74, 6) is 1.33. The van der Waals surface area contributed by atoms with Gasteiger partial charge in [-0.15, -0.1) is 11.3 Å². The number of hydrogen-bond acceptors (Lipinski definition) is 4. The molecule has 0 aliphatic rings. The number of hydrogen-bond donors (Lipinski definition) is 0. The van der Waals surface area contributed by atoms with E-state index in [9.17, 15) is 4.79 Å². The van der Waals surface area contributed by atoms with Crippen LogP contribution in [0.25, 0.3) is 0 Å². The first-order valence-electron chi connectivity index (χ1n) is 8.83. The molecule has 0 spiro atoms. The predicted molar refractivity (Wildman–Crippen MR) is 109 cm³/mol. The Morgan fingerprint density at radius 2 is 1.67 bits per heavy atom. The number of amides is 1. The second kappa shape index (κ2) is 9.24. The fourth-order valence-corrected chi connectivity index (χ4v) is 3.61. The molecule has 0 N–H and O–H groups in total. The van der Waals surface area contributed by atoms with Crippen LogP contribution in [-0.4, -0.2) is 31.1 Å². The number of thiophene rings is 1. The van der Waals surface area contributed by atoms with Gasteiger partial charge in [-0.2, -0.15) is 0 Å². The first-order chi connectivity index (χ1) is 13.1. The third-order valence-electron chi connectivity index (χ3n) is 4.17. The highest BCUT2D eigenvalue weighted by Crippen LogP contribution is 2.22. The van der Waals surface area contributed by atoms with Crippen LogP contribution in [0.1, 0.15) is 20.8 Å². The van der Waals surface area contributed by atoms with Crippen molar-refractivity contribution in [1.29, 1.82) is 0 Å². The quantitative estimate of drug-likeness (QED) is 0.527. The summed E-state index contributed by atoms with van der Waals surface area (Å²) < 4.78 is 11.5. The fourth-order valence-electron chi connectivity index (χ4n) is 2.66. The van der Waals surface area contributed by atoms with Crippen molar-refractivity contribution in [3.8, 4) is 11.5 Å². The topological polar surface area (TPSA) is 38.8 Å². The van der Waals surface area contributed by atoms with Crippen molar-refractivity contribution in [2.45, 2.75) is 13.5 Å². The normalized spacial score (nSPS) is 10.4. The van der Waals surface area contributed by atoms with Crippen LogP contribution < -0.4 is 9.47 Å². The Bertz CT molecular complexity index is 876. The molecule has 4 nitrogen and oxygen atoms in total. The Kier molecular flexibility index (Phi) is 6.49. The Balaban J connectivity index is 1.59. The van der Waals surface area contributed by atoms with E-state index < -0.39 is 0 Å². The first kappa shape index (κ1) is 19.0. The Morgan fingerprint density at radius 1 is 0.963 bits per heavy atom. The second-order valence-corrected chi connectivity index (χ2v) is 7.19. The van der Waals surface area contributed by atoms with E-state index in [1.807, 2.05) is 61.0 Å². The van der Waals surface area contributed by atoms with Crippen LogP contribution in [0.3, 0.4) is 0 Å². The average molecular weight is 381 g/mol. The number of nitrogens with zero attached hydrogens (tertiary/aromatic N) is 1. The third-order valence-corrected chi connectivity index (χ3v) is 5.17. The highest BCUT2D eigenvalue weighted by molar-refractivity contribution is 7.10. The van der Waals surface area contributed by atoms with Gasteiger partial charge < -0.3 is 14.4 Å². The lowest BCUT2D eigenvalue weighted by Crippen LogP contribution is -2.26. The van der Waals surface area contributed by atoms with E-state index in [2.05, 4.69) is 13.0 Å². The van der Waals surface area contributed by atoms with Crippen molar-refractivity contribution in [2.24, 2.45) is 0 Å². The third kappa shape index (κ3) is 5.11. The van der Waals surface area contributed by atoms with Crippen molar-refractivity contribution in [2.75, 3.05) is 20.3 Å². The van der Waals surface area contributed by atoms with Gasteiger partial charge >= 0.3 is 0 Å². The van der Waals surface area contributed by atoms with Gasteiger partial charge in [0.1, 0.15) is 24.7 Å². The maximum atomic E-state index is 12.9. The van der Waals surface area contributed by atoms with Crippen molar-refractivity contribution >= 4 is 17.2 Å². The highest BCUT2D eigenvalue weighted by Gasteiger charge is 2.17. The second-order valence-electron chi connectivity index (χ2n) is 6.19. The molecular formula is C22H23NO3S. The molecule has 0 unspecified atom stereocenters. The van der Waals surface area contributed by atoms with E-state index >= 15 is 0 Å². The van der Waals surface area contributed by atoms with Gasteiger partial charge in [-0.05, 0) is 48.2 Å². The molecule has 0 saturated heterocycles. The van der Waals surface area contributed by atoms with Crippen LogP contribution in [0, 0.1) is 6.92 Å². The molecule has 2 aromatic carbocycles. The van der Waals surface area contributed by atoms with E-state index in [1.165, 1.54) is 10.4 Å². The number of carbonyl (C=O) groups is 1. The molecule has 0 saturated carbocycles. The maximum absolute atomic E-state index is 12.9. The molecule has 1 amide bonds. The lowest BCUT2D eigenvalue weighted by Gasteiger charge is -2.19. The molecule has 140 valence electrons. The molecule has 3 rings (SSSR count). The first-order valence-corrected chi connectivity index (χ1v) is 9.71. The van der Waals surface area contributed by atoms with Gasteiger partial charge in [0.05, 0.1) is 12.1 Å². The smallest absolute Gasteiger partial charge is 0.257 e. The van der Waals surface area contributed by atoms with Crippen molar-refractivity contribution in [3.63, 3.8) is 0 Å². The van der Waals surface area contributed by atoms with Crippen LogP contribution in [0.5, 0.6) is 11.5 Å². The Hall–Kier alpha value is -2.79. The molecule has 0 aliphatic heterocycles. The molecule has 3 aromatic rings. The van der Waals surface area contributed by atoms with Crippen LogP contribution in [0.2, 0.25) is 0 Å². The fraction of sp³-hybridized carbons (Fsp3) is 0.227. The summed E-state index contributed by atoms with van der Waals surface area (Å²) >= 11 is 1.67. The summed E-state index contributed by atoms with van der Waals surface area (Å²) in [6.45, 7) is 3.44. The van der Waals surface area contributed by atoms with Gasteiger partial charge in [0.2, 0.25) is 0 Å². The molecular weight excluding hydrogens is 358 g/mol. The SMILES string of the molecule is Cc1ccsc1CN(C)C(=O)c1ccccc1OCCOc1ccccc1. The lowest BCUT2D eigenvalue weighted by molar-refractivity contribution is 0.0781. The molecule has 0 radical (unpaired) electrons. The summed E-state index contributed by atoms with van der Waals surface area (Å²) in [7, 11) is 1.82. The lowest BCUT2D eigenvalue weighted by atomic mass is 10.1. The summed E-state index contributed by atoms with van der Waals surface area (Å²) in [4.78, 5) is 15.8. The number of rotatable bonds is 8. The van der Waals surface area contributed by atoms with E-state index in [0.29, 0.717) is 31.1 Å². The maximum Gasteiger partial charge on any atom is 0.257 e. The van der Waals surface area contributed by atoms with Gasteiger partial charge in [-0.25, -0.2) is 0 Å². The van der Waals surface area contributed by atoms with E-state index in [0.717, 1.165) is 5.75 Å². The van der Waals surface area contributed by atoms with Crippen molar-refractivity contribution < 1.29 is 14.3 Å². The van der Waals surface area contributed by atoms with Crippen LogP contribution >= 0.6 is 11.3 Å². The minimum atomic E-state index is -0.0534. The monoisotopic (exact) mass is 381 g/mol. The van der Waals surface area contributed by atoms with Crippen molar-refractivity contribution in [1.82, 2.24) is 4.90 Å². The van der Waals surface area contributed by atoms with Crippen LogP contribution in [0.15, 0.2) is 66.0 Å². The molecule has 0 fully saturated rings. The van der Waals surface area contributed by atoms with Gasteiger partial charge in [-0.3, -0.25) is 4.79 Å². The minimum Gasteiger partial charge on any atom is -0.490 e. The van der Waals surface area contributed by atoms with E-state index in [1.54, 1.807) is 22.3 Å². The summed E-state index contributed by atoms with van der Waals surface area (Å²) in [6.07, 6.45) is 0. The molecule has 1 heterocycles. The number of aryl methyl sites for hydroxylation is 1. The molecule has 1 aromatic heterocycles. The summed E-state index contributed by atoms with van der Waals surface area (Å²) in [5, 5.41) is 2.05. The summed E-state index contributed by atoms with van der Waals surface area (Å²) in [5.41, 5.74) is 1.77. The zero-order valence-electron chi connectivity index (χ0n) is 15.6. The number of ether oxygens (including phenoxy) is 2. The molecule has 0 atom stereocenters. The molecule has 5 heteroatoms. The van der Waals surface area contributed by atoms with Crippen molar-refractivity contribution in [3.05, 3.63) is 82.0 Å². The minimum absolute atomic E-state index is 0.0534. The summed E-state index contributed by atoms with van der Waals surface area (Å²) in [6, 6.07) is 19.0. The highest BCUT2D eigenvalue weighted by atomic mass is 32.1. The van der Waals surface area contributed by atoms with Gasteiger partial charge in [-0.1, -0.05) is 30.3 Å². The van der Waals surface area contributed by atoms with Crippen LogP contribution in [0.4, 0.5) is 0 Å².